The van der Waals surface area contributed by atoms with E-state index in [1.165, 1.54) is 0 Å². The van der Waals surface area contributed by atoms with Gasteiger partial charge in [0.2, 0.25) is 5.91 Å². The number of amides is 3. The zero-order valence-corrected chi connectivity index (χ0v) is 13.8. The molecule has 2 heterocycles. The molecule has 0 radical (unpaired) electrons. The van der Waals surface area contributed by atoms with Crippen molar-refractivity contribution in [3.8, 4) is 0 Å². The minimum atomic E-state index is -0.0410. The molecule has 126 valence electrons. The molecule has 3 amide bonds. The minimum Gasteiger partial charge on any atom is -0.374 e. The molecule has 2 saturated heterocycles. The van der Waals surface area contributed by atoms with Crippen molar-refractivity contribution < 1.29 is 20.1 Å². The average Bonchev–Trinajstić information content (AvgIpc) is 3.03. The minimum absolute atomic E-state index is 0.0410. The Morgan fingerprint density at radius 3 is 3.05 bits per heavy atom. The number of unbranched alkanes of at least 4 members (excludes halogenated alkanes) is 1. The fourth-order valence-corrected chi connectivity index (χ4v) is 4.37. The SMILES string of the molecule is [NH3+]CCOCCNC(=O)CCCCC1SCC2NC(=O)NC21. The summed E-state index contributed by atoms with van der Waals surface area (Å²) in [5, 5.41) is 9.26. The standard InChI is InChI=1S/C14H26N4O3S/c15-5-7-21-8-6-16-12(19)4-2-1-3-11-13-10(9-22-11)17-14(20)18-13/h10-11,13H,1-9,15H2,(H,16,19)(H2,17,18,20)/p+1. The summed E-state index contributed by atoms with van der Waals surface area (Å²) >= 11 is 1.92. The largest absolute Gasteiger partial charge is 0.374 e. The van der Waals surface area contributed by atoms with Crippen LogP contribution in [0.25, 0.3) is 0 Å². The van der Waals surface area contributed by atoms with Crippen molar-refractivity contribution in [1.82, 2.24) is 16.0 Å². The number of rotatable bonds is 10. The molecule has 0 aromatic rings. The van der Waals surface area contributed by atoms with Crippen molar-refractivity contribution in [2.75, 3.05) is 32.1 Å². The van der Waals surface area contributed by atoms with Crippen LogP contribution in [0.4, 0.5) is 4.79 Å². The summed E-state index contributed by atoms with van der Waals surface area (Å²) in [6.45, 7) is 2.52. The van der Waals surface area contributed by atoms with Crippen LogP contribution in [0.15, 0.2) is 0 Å². The van der Waals surface area contributed by atoms with E-state index in [9.17, 15) is 9.59 Å². The van der Waals surface area contributed by atoms with Crippen LogP contribution < -0.4 is 21.7 Å². The van der Waals surface area contributed by atoms with Gasteiger partial charge in [-0.2, -0.15) is 11.8 Å². The lowest BCUT2D eigenvalue weighted by atomic mass is 10.0. The van der Waals surface area contributed by atoms with Gasteiger partial charge in [-0.3, -0.25) is 4.79 Å². The smallest absolute Gasteiger partial charge is 0.315 e. The lowest BCUT2D eigenvalue weighted by Crippen LogP contribution is -2.52. The molecule has 2 aliphatic rings. The van der Waals surface area contributed by atoms with Gasteiger partial charge in [-0.1, -0.05) is 6.42 Å². The Hall–Kier alpha value is -0.990. The molecule has 2 aliphatic heterocycles. The Morgan fingerprint density at radius 1 is 1.36 bits per heavy atom. The Kier molecular flexibility index (Phi) is 7.28. The van der Waals surface area contributed by atoms with Gasteiger partial charge >= 0.3 is 6.03 Å². The van der Waals surface area contributed by atoms with Crippen LogP contribution >= 0.6 is 11.8 Å². The number of nitrogens with one attached hydrogen (secondary N) is 3. The number of thioether (sulfide) groups is 1. The monoisotopic (exact) mass is 331 g/mol. The highest BCUT2D eigenvalue weighted by Gasteiger charge is 2.42. The third kappa shape index (κ3) is 5.33. The van der Waals surface area contributed by atoms with Crippen molar-refractivity contribution in [2.24, 2.45) is 0 Å². The number of hydrogen-bond donors (Lipinski definition) is 4. The van der Waals surface area contributed by atoms with Gasteiger partial charge in [0.25, 0.3) is 0 Å². The third-order valence-corrected chi connectivity index (χ3v) is 5.45. The lowest BCUT2D eigenvalue weighted by molar-refractivity contribution is -0.374. The highest BCUT2D eigenvalue weighted by molar-refractivity contribution is 8.00. The first kappa shape index (κ1) is 17.4. The van der Waals surface area contributed by atoms with E-state index < -0.39 is 0 Å². The quantitative estimate of drug-likeness (QED) is 0.307. The van der Waals surface area contributed by atoms with Crippen LogP contribution in [0, 0.1) is 0 Å². The van der Waals surface area contributed by atoms with Crippen LogP contribution in [0.3, 0.4) is 0 Å². The maximum Gasteiger partial charge on any atom is 0.315 e. The van der Waals surface area contributed by atoms with E-state index >= 15 is 0 Å². The highest BCUT2D eigenvalue weighted by Crippen LogP contribution is 2.33. The van der Waals surface area contributed by atoms with Crippen LogP contribution in [0.2, 0.25) is 0 Å². The van der Waals surface area contributed by atoms with Crippen molar-refractivity contribution in [3.63, 3.8) is 0 Å². The molecule has 3 unspecified atom stereocenters. The van der Waals surface area contributed by atoms with Gasteiger partial charge in [-0.25, -0.2) is 4.79 Å². The first-order valence-electron chi connectivity index (χ1n) is 8.03. The topological polar surface area (TPSA) is 107 Å². The number of ether oxygens (including phenoxy) is 1. The summed E-state index contributed by atoms with van der Waals surface area (Å²) in [6, 6.07) is 0.501. The molecule has 0 aromatic heterocycles. The number of hydrogen-bond acceptors (Lipinski definition) is 4. The Bertz CT molecular complexity index is 383. The van der Waals surface area contributed by atoms with Gasteiger partial charge in [0.1, 0.15) is 0 Å². The van der Waals surface area contributed by atoms with Crippen LogP contribution in [-0.2, 0) is 9.53 Å². The van der Waals surface area contributed by atoms with Gasteiger partial charge in [-0.05, 0) is 12.8 Å². The second kappa shape index (κ2) is 9.22. The molecule has 2 rings (SSSR count). The molecule has 0 spiro atoms. The highest BCUT2D eigenvalue weighted by atomic mass is 32.2. The van der Waals surface area contributed by atoms with Gasteiger partial charge in [-0.15, -0.1) is 0 Å². The van der Waals surface area contributed by atoms with Crippen LogP contribution in [0.5, 0.6) is 0 Å². The molecular formula is C14H27N4O3S+. The predicted molar refractivity (Wildman–Crippen MR) is 85.5 cm³/mol. The summed E-state index contributed by atoms with van der Waals surface area (Å²) in [7, 11) is 0. The zero-order chi connectivity index (χ0) is 15.8. The van der Waals surface area contributed by atoms with E-state index in [2.05, 4.69) is 21.7 Å². The number of carbonyl (C=O) groups excluding carboxylic acids is 2. The second-order valence-electron chi connectivity index (χ2n) is 5.68. The van der Waals surface area contributed by atoms with Crippen molar-refractivity contribution in [1.29, 1.82) is 0 Å². The van der Waals surface area contributed by atoms with Gasteiger partial charge in [0, 0.05) is 24.0 Å². The first-order chi connectivity index (χ1) is 10.7. The molecule has 2 fully saturated rings. The predicted octanol–water partition coefficient (Wildman–Crippen LogP) is -0.913. The first-order valence-corrected chi connectivity index (χ1v) is 9.08. The fourth-order valence-electron chi connectivity index (χ4n) is 2.83. The number of quaternary nitrogens is 1. The lowest BCUT2D eigenvalue weighted by Gasteiger charge is -2.16. The van der Waals surface area contributed by atoms with Crippen molar-refractivity contribution >= 4 is 23.7 Å². The summed E-state index contributed by atoms with van der Waals surface area (Å²) in [4.78, 5) is 22.9. The average molecular weight is 331 g/mol. The summed E-state index contributed by atoms with van der Waals surface area (Å²) < 4.78 is 5.25. The molecule has 3 atom stereocenters. The third-order valence-electron chi connectivity index (χ3n) is 3.94. The second-order valence-corrected chi connectivity index (χ2v) is 6.96. The molecular weight excluding hydrogens is 304 g/mol. The number of fused-ring (bicyclic) bond motifs is 1. The van der Waals surface area contributed by atoms with Crippen molar-refractivity contribution in [3.05, 3.63) is 0 Å². The summed E-state index contributed by atoms with van der Waals surface area (Å²) in [6.07, 6.45) is 3.52. The van der Waals surface area contributed by atoms with Gasteiger partial charge in [0.15, 0.2) is 0 Å². The molecule has 6 N–H and O–H groups in total. The normalized spacial score (nSPS) is 26.4. The van der Waals surface area contributed by atoms with E-state index in [1.54, 1.807) is 0 Å². The van der Waals surface area contributed by atoms with E-state index in [1.807, 2.05) is 11.8 Å². The molecule has 0 aliphatic carbocycles. The Morgan fingerprint density at radius 2 is 2.23 bits per heavy atom. The van der Waals surface area contributed by atoms with Crippen molar-refractivity contribution in [2.45, 2.75) is 43.0 Å². The molecule has 7 nitrogen and oxygen atoms in total. The van der Waals surface area contributed by atoms with E-state index in [0.29, 0.717) is 31.4 Å². The van der Waals surface area contributed by atoms with E-state index in [4.69, 9.17) is 4.74 Å². The Balaban J connectivity index is 1.49. The zero-order valence-electron chi connectivity index (χ0n) is 12.9. The van der Waals surface area contributed by atoms with E-state index in [-0.39, 0.29) is 24.0 Å². The van der Waals surface area contributed by atoms with Crippen LogP contribution in [0.1, 0.15) is 25.7 Å². The molecule has 0 bridgehead atoms. The maximum atomic E-state index is 11.6. The Labute approximate surface area is 135 Å². The molecule has 22 heavy (non-hydrogen) atoms. The molecule has 0 aromatic carbocycles. The number of urea groups is 1. The summed E-state index contributed by atoms with van der Waals surface area (Å²) in [5.41, 5.74) is 3.68. The molecule has 8 heteroatoms. The number of carbonyl (C=O) groups is 2. The van der Waals surface area contributed by atoms with Crippen LogP contribution in [-0.4, -0.2) is 61.3 Å². The fraction of sp³-hybridized carbons (Fsp3) is 0.857. The van der Waals surface area contributed by atoms with E-state index in [0.717, 1.165) is 31.6 Å². The van der Waals surface area contributed by atoms with Gasteiger partial charge in [0.05, 0.1) is 31.8 Å². The molecule has 0 saturated carbocycles. The maximum absolute atomic E-state index is 11.6. The summed E-state index contributed by atoms with van der Waals surface area (Å²) in [5.74, 6) is 1.08. The van der Waals surface area contributed by atoms with Gasteiger partial charge < -0.3 is 26.4 Å².